The van der Waals surface area contributed by atoms with Crippen LogP contribution in [-0.4, -0.2) is 20.2 Å². The lowest BCUT2D eigenvalue weighted by atomic mass is 9.97. The molecule has 5 nitrogen and oxygen atoms in total. The van der Waals surface area contributed by atoms with E-state index in [0.717, 1.165) is 22.3 Å². The summed E-state index contributed by atoms with van der Waals surface area (Å²) in [6.45, 7) is 2.30. The molecule has 0 aliphatic heterocycles. The Morgan fingerprint density at radius 1 is 1.19 bits per heavy atom. The molecule has 0 spiro atoms. The number of rotatable bonds is 2. The van der Waals surface area contributed by atoms with Crippen molar-refractivity contribution in [2.45, 2.75) is 45.1 Å². The molecule has 0 radical (unpaired) electrons. The van der Waals surface area contributed by atoms with Crippen molar-refractivity contribution < 1.29 is 0 Å². The molecule has 6 heteroatoms. The van der Waals surface area contributed by atoms with Gasteiger partial charge in [0.25, 0.3) is 0 Å². The van der Waals surface area contributed by atoms with Gasteiger partial charge in [-0.1, -0.05) is 42.1 Å². The Morgan fingerprint density at radius 2 is 2.00 bits per heavy atom. The summed E-state index contributed by atoms with van der Waals surface area (Å²) in [5.41, 5.74) is 7.61. The largest absolute Gasteiger partial charge is 0.399 e. The van der Waals surface area contributed by atoms with E-state index in [4.69, 9.17) is 5.73 Å². The molecule has 1 aromatic heterocycles. The minimum Gasteiger partial charge on any atom is -0.399 e. The van der Waals surface area contributed by atoms with Crippen molar-refractivity contribution in [3.05, 3.63) is 22.7 Å². The zero-order valence-corrected chi connectivity index (χ0v) is 13.8. The normalized spacial score (nSPS) is 23.0. The second kappa shape index (κ2) is 6.13. The predicted molar refractivity (Wildman–Crippen MR) is 86.7 cm³/mol. The SMILES string of the molecule is CC1CCCCCC1n1nnnc1-c1cc(N)cc(Br)c1. The Kier molecular flexibility index (Phi) is 4.24. The van der Waals surface area contributed by atoms with Crippen LogP contribution < -0.4 is 5.73 Å². The van der Waals surface area contributed by atoms with Gasteiger partial charge in [0.2, 0.25) is 0 Å². The van der Waals surface area contributed by atoms with E-state index in [2.05, 4.69) is 38.4 Å². The van der Waals surface area contributed by atoms with Gasteiger partial charge in [-0.05, 0) is 47.4 Å². The van der Waals surface area contributed by atoms with Crippen LogP contribution in [0.25, 0.3) is 11.4 Å². The van der Waals surface area contributed by atoms with E-state index in [-0.39, 0.29) is 0 Å². The lowest BCUT2D eigenvalue weighted by Crippen LogP contribution is -2.18. The van der Waals surface area contributed by atoms with E-state index in [9.17, 15) is 0 Å². The van der Waals surface area contributed by atoms with Crippen LogP contribution in [0.15, 0.2) is 22.7 Å². The monoisotopic (exact) mass is 349 g/mol. The summed E-state index contributed by atoms with van der Waals surface area (Å²) in [5, 5.41) is 12.4. The number of tetrazole rings is 1. The van der Waals surface area contributed by atoms with Crippen molar-refractivity contribution in [3.8, 4) is 11.4 Å². The zero-order valence-electron chi connectivity index (χ0n) is 12.2. The summed E-state index contributed by atoms with van der Waals surface area (Å²) in [7, 11) is 0. The minimum atomic E-state index is 0.373. The third-order valence-electron chi connectivity index (χ3n) is 4.30. The highest BCUT2D eigenvalue weighted by molar-refractivity contribution is 9.10. The van der Waals surface area contributed by atoms with E-state index in [1.807, 2.05) is 22.9 Å². The molecule has 21 heavy (non-hydrogen) atoms. The van der Waals surface area contributed by atoms with Crippen LogP contribution in [0.3, 0.4) is 0 Å². The van der Waals surface area contributed by atoms with E-state index >= 15 is 0 Å². The lowest BCUT2D eigenvalue weighted by molar-refractivity contribution is 0.306. The number of halogens is 1. The van der Waals surface area contributed by atoms with Crippen LogP contribution in [0.5, 0.6) is 0 Å². The van der Waals surface area contributed by atoms with E-state index in [1.54, 1.807) is 0 Å². The third kappa shape index (κ3) is 3.10. The first-order chi connectivity index (χ1) is 10.1. The van der Waals surface area contributed by atoms with Gasteiger partial charge in [0.05, 0.1) is 6.04 Å². The Hall–Kier alpha value is -1.43. The fourth-order valence-corrected chi connectivity index (χ4v) is 3.70. The molecule has 1 aliphatic carbocycles. The highest BCUT2D eigenvalue weighted by Crippen LogP contribution is 2.34. The number of nitrogen functional groups attached to an aromatic ring is 1. The Bertz CT molecular complexity index is 604. The van der Waals surface area contributed by atoms with E-state index in [0.29, 0.717) is 17.6 Å². The number of hydrogen-bond donors (Lipinski definition) is 1. The number of hydrogen-bond acceptors (Lipinski definition) is 4. The molecular weight excluding hydrogens is 330 g/mol. The molecule has 1 fully saturated rings. The maximum atomic E-state index is 5.94. The number of anilines is 1. The number of nitrogens with two attached hydrogens (primary N) is 1. The van der Waals surface area contributed by atoms with Crippen molar-refractivity contribution in [2.24, 2.45) is 5.92 Å². The summed E-state index contributed by atoms with van der Waals surface area (Å²) < 4.78 is 2.94. The molecule has 3 rings (SSSR count). The van der Waals surface area contributed by atoms with Gasteiger partial charge in [0.1, 0.15) is 0 Å². The van der Waals surface area contributed by atoms with Gasteiger partial charge in [0.15, 0.2) is 5.82 Å². The molecular formula is C15H20BrN5. The van der Waals surface area contributed by atoms with Crippen LogP contribution in [-0.2, 0) is 0 Å². The highest BCUT2D eigenvalue weighted by Gasteiger charge is 2.25. The predicted octanol–water partition coefficient (Wildman–Crippen LogP) is 3.83. The van der Waals surface area contributed by atoms with Gasteiger partial charge in [-0.25, -0.2) is 4.68 Å². The summed E-state index contributed by atoms with van der Waals surface area (Å²) >= 11 is 3.49. The Balaban J connectivity index is 2.00. The fourth-order valence-electron chi connectivity index (χ4n) is 3.19. The van der Waals surface area contributed by atoms with Crippen molar-refractivity contribution >= 4 is 21.6 Å². The molecule has 2 N–H and O–H groups in total. The first kappa shape index (κ1) is 14.5. The summed E-state index contributed by atoms with van der Waals surface area (Å²) in [6.07, 6.45) is 6.24. The van der Waals surface area contributed by atoms with Gasteiger partial charge in [-0.2, -0.15) is 0 Å². The van der Waals surface area contributed by atoms with Crippen molar-refractivity contribution in [1.29, 1.82) is 0 Å². The molecule has 112 valence electrons. The average Bonchev–Trinajstić information content (AvgIpc) is 2.81. The third-order valence-corrected chi connectivity index (χ3v) is 4.76. The maximum absolute atomic E-state index is 5.94. The van der Waals surface area contributed by atoms with Gasteiger partial charge in [0, 0.05) is 15.7 Å². The van der Waals surface area contributed by atoms with Crippen LogP contribution in [0, 0.1) is 5.92 Å². The summed E-state index contributed by atoms with van der Waals surface area (Å²) in [5.74, 6) is 1.40. The molecule has 2 aromatic rings. The second-order valence-electron chi connectivity index (χ2n) is 5.90. The van der Waals surface area contributed by atoms with Gasteiger partial charge < -0.3 is 5.73 Å². The van der Waals surface area contributed by atoms with E-state index < -0.39 is 0 Å². The molecule has 2 atom stereocenters. The first-order valence-corrected chi connectivity index (χ1v) is 8.29. The van der Waals surface area contributed by atoms with Crippen LogP contribution in [0.4, 0.5) is 5.69 Å². The van der Waals surface area contributed by atoms with Crippen LogP contribution in [0.1, 0.15) is 45.1 Å². The van der Waals surface area contributed by atoms with E-state index in [1.165, 1.54) is 25.7 Å². The molecule has 1 aliphatic rings. The average molecular weight is 350 g/mol. The number of aromatic nitrogens is 4. The van der Waals surface area contributed by atoms with Gasteiger partial charge in [-0.15, -0.1) is 5.10 Å². The molecule has 2 unspecified atom stereocenters. The quantitative estimate of drug-likeness (QED) is 0.660. The molecule has 1 aromatic carbocycles. The van der Waals surface area contributed by atoms with Gasteiger partial charge in [-0.3, -0.25) is 0 Å². The van der Waals surface area contributed by atoms with Crippen molar-refractivity contribution in [2.75, 3.05) is 5.73 Å². The Labute approximate surface area is 133 Å². The van der Waals surface area contributed by atoms with Crippen molar-refractivity contribution in [1.82, 2.24) is 20.2 Å². The second-order valence-corrected chi connectivity index (χ2v) is 6.82. The molecule has 0 bridgehead atoms. The summed E-state index contributed by atoms with van der Waals surface area (Å²) in [6, 6.07) is 6.19. The molecule has 1 saturated carbocycles. The highest BCUT2D eigenvalue weighted by atomic mass is 79.9. The maximum Gasteiger partial charge on any atom is 0.182 e. The van der Waals surface area contributed by atoms with Crippen LogP contribution >= 0.6 is 15.9 Å². The zero-order chi connectivity index (χ0) is 14.8. The van der Waals surface area contributed by atoms with Crippen molar-refractivity contribution in [3.63, 3.8) is 0 Å². The standard InChI is InChI=1S/C15H20BrN5/c1-10-5-3-2-4-6-14(10)21-15(18-19-20-21)11-7-12(16)9-13(17)8-11/h7-10,14H,2-6,17H2,1H3. The number of nitrogens with zero attached hydrogens (tertiary/aromatic N) is 4. The molecule has 0 saturated heterocycles. The molecule has 0 amide bonds. The van der Waals surface area contributed by atoms with Gasteiger partial charge >= 0.3 is 0 Å². The summed E-state index contributed by atoms with van der Waals surface area (Å²) in [4.78, 5) is 0. The Morgan fingerprint density at radius 3 is 2.81 bits per heavy atom. The van der Waals surface area contributed by atoms with Crippen LogP contribution in [0.2, 0.25) is 0 Å². The first-order valence-electron chi connectivity index (χ1n) is 7.49. The number of benzene rings is 1. The fraction of sp³-hybridized carbons (Fsp3) is 0.533. The lowest BCUT2D eigenvalue weighted by Gasteiger charge is -2.22. The molecule has 1 heterocycles. The topological polar surface area (TPSA) is 69.6 Å². The smallest absolute Gasteiger partial charge is 0.182 e. The minimum absolute atomic E-state index is 0.373.